The number of alkyl halides is 3. The Kier molecular flexibility index (Phi) is 4.73. The molecule has 0 saturated heterocycles. The summed E-state index contributed by atoms with van der Waals surface area (Å²) in [4.78, 5) is 4.35. The number of benzene rings is 2. The molecular weight excluding hydrogens is 347 g/mol. The fraction of sp³-hybridized carbons (Fsp3) is 0.222. The van der Waals surface area contributed by atoms with Gasteiger partial charge >= 0.3 is 6.18 Å². The Bertz CT molecular complexity index is 926. The minimum Gasteiger partial charge on any atom is -0.314 e. The molecule has 0 aliphatic rings. The van der Waals surface area contributed by atoms with Crippen molar-refractivity contribution in [1.82, 2.24) is 9.55 Å². The molecule has 0 N–H and O–H groups in total. The van der Waals surface area contributed by atoms with Gasteiger partial charge in [0.2, 0.25) is 0 Å². The van der Waals surface area contributed by atoms with Crippen molar-refractivity contribution in [3.8, 4) is 6.07 Å². The van der Waals surface area contributed by atoms with Crippen LogP contribution in [-0.4, -0.2) is 14.8 Å². The molecule has 3 nitrogen and oxygen atoms in total. The van der Waals surface area contributed by atoms with Gasteiger partial charge in [0.25, 0.3) is 0 Å². The normalized spacial score (nSPS) is 12.9. The van der Waals surface area contributed by atoms with Crippen LogP contribution in [0.15, 0.2) is 53.7 Å². The van der Waals surface area contributed by atoms with E-state index in [0.717, 1.165) is 17.7 Å². The first kappa shape index (κ1) is 17.4. The molecular formula is C18H14F3N3S. The summed E-state index contributed by atoms with van der Waals surface area (Å²) >= 11 is 1.24. The predicted octanol–water partition coefficient (Wildman–Crippen LogP) is 5.11. The van der Waals surface area contributed by atoms with E-state index in [-0.39, 0.29) is 10.8 Å². The Balaban J connectivity index is 2.10. The minimum absolute atomic E-state index is 0.276. The number of fused-ring (bicyclic) bond motifs is 1. The molecule has 0 unspecified atom stereocenters. The maximum atomic E-state index is 13.0. The van der Waals surface area contributed by atoms with E-state index in [1.54, 1.807) is 6.92 Å². The molecule has 128 valence electrons. The van der Waals surface area contributed by atoms with Gasteiger partial charge in [0.15, 0.2) is 5.16 Å². The number of halogens is 3. The fourth-order valence-corrected chi connectivity index (χ4v) is 3.29. The van der Waals surface area contributed by atoms with Crippen LogP contribution in [0.4, 0.5) is 13.2 Å². The monoisotopic (exact) mass is 361 g/mol. The lowest BCUT2D eigenvalue weighted by Crippen LogP contribution is -2.05. The van der Waals surface area contributed by atoms with Crippen LogP contribution in [-0.2, 0) is 12.7 Å². The molecule has 0 saturated carbocycles. The highest BCUT2D eigenvalue weighted by Gasteiger charge is 2.31. The number of imidazole rings is 1. The van der Waals surface area contributed by atoms with Crippen molar-refractivity contribution in [3.05, 3.63) is 59.7 Å². The molecule has 0 spiro atoms. The van der Waals surface area contributed by atoms with Gasteiger partial charge in [-0.25, -0.2) is 4.98 Å². The van der Waals surface area contributed by atoms with Gasteiger partial charge in [0.05, 0.1) is 34.5 Å². The number of hydrogen-bond acceptors (Lipinski definition) is 3. The van der Waals surface area contributed by atoms with Crippen molar-refractivity contribution in [2.45, 2.75) is 30.1 Å². The summed E-state index contributed by atoms with van der Waals surface area (Å²) in [5, 5.41) is 9.23. The lowest BCUT2D eigenvalue weighted by atomic mass is 10.2. The second-order valence-corrected chi connectivity index (χ2v) is 6.86. The maximum Gasteiger partial charge on any atom is 0.416 e. The SMILES string of the molecule is C[C@@H](C#N)Sc1nc2cc(C(F)(F)F)ccc2n1Cc1ccccc1. The Labute approximate surface area is 147 Å². The van der Waals surface area contributed by atoms with Crippen molar-refractivity contribution in [3.63, 3.8) is 0 Å². The smallest absolute Gasteiger partial charge is 0.314 e. The van der Waals surface area contributed by atoms with Crippen LogP contribution < -0.4 is 0 Å². The highest BCUT2D eigenvalue weighted by Crippen LogP contribution is 2.33. The molecule has 1 aromatic heterocycles. The topological polar surface area (TPSA) is 41.6 Å². The summed E-state index contributed by atoms with van der Waals surface area (Å²) in [6.45, 7) is 2.21. The number of nitriles is 1. The van der Waals surface area contributed by atoms with Gasteiger partial charge < -0.3 is 4.57 Å². The Morgan fingerprint density at radius 3 is 2.56 bits per heavy atom. The summed E-state index contributed by atoms with van der Waals surface area (Å²) in [7, 11) is 0. The molecule has 25 heavy (non-hydrogen) atoms. The molecule has 0 amide bonds. The Morgan fingerprint density at radius 1 is 1.20 bits per heavy atom. The predicted molar refractivity (Wildman–Crippen MR) is 91.2 cm³/mol. The van der Waals surface area contributed by atoms with Crippen LogP contribution in [0.1, 0.15) is 18.1 Å². The van der Waals surface area contributed by atoms with E-state index in [4.69, 9.17) is 5.26 Å². The van der Waals surface area contributed by atoms with Crippen molar-refractivity contribution < 1.29 is 13.2 Å². The van der Waals surface area contributed by atoms with Crippen LogP contribution >= 0.6 is 11.8 Å². The first-order valence-corrected chi connectivity index (χ1v) is 8.44. The number of nitrogens with zero attached hydrogens (tertiary/aromatic N) is 3. The summed E-state index contributed by atoms with van der Waals surface area (Å²) in [6, 6.07) is 15.3. The van der Waals surface area contributed by atoms with E-state index < -0.39 is 11.7 Å². The van der Waals surface area contributed by atoms with Crippen LogP contribution in [0.25, 0.3) is 11.0 Å². The molecule has 1 atom stereocenters. The average molecular weight is 361 g/mol. The van der Waals surface area contributed by atoms with Gasteiger partial charge in [0.1, 0.15) is 0 Å². The Morgan fingerprint density at radius 2 is 1.92 bits per heavy atom. The van der Waals surface area contributed by atoms with Gasteiger partial charge in [-0.1, -0.05) is 42.1 Å². The molecule has 0 radical (unpaired) electrons. The number of hydrogen-bond donors (Lipinski definition) is 0. The standard InChI is InChI=1S/C18H14F3N3S/c1-12(10-22)25-17-23-15-9-14(18(19,20)21)7-8-16(15)24(17)11-13-5-3-2-4-6-13/h2-9,12H,11H2,1H3/t12-/m0/s1. The van der Waals surface area contributed by atoms with Crippen LogP contribution in [0, 0.1) is 11.3 Å². The quantitative estimate of drug-likeness (QED) is 0.607. The third kappa shape index (κ3) is 3.80. The molecule has 3 aromatic rings. The van der Waals surface area contributed by atoms with E-state index >= 15 is 0 Å². The van der Waals surface area contributed by atoms with Crippen LogP contribution in [0.5, 0.6) is 0 Å². The minimum atomic E-state index is -4.41. The number of rotatable bonds is 4. The molecule has 3 rings (SSSR count). The molecule has 0 aliphatic carbocycles. The van der Waals surface area contributed by atoms with Crippen molar-refractivity contribution in [2.75, 3.05) is 0 Å². The highest BCUT2D eigenvalue weighted by atomic mass is 32.2. The van der Waals surface area contributed by atoms with E-state index in [1.807, 2.05) is 34.9 Å². The van der Waals surface area contributed by atoms with Crippen molar-refractivity contribution in [1.29, 1.82) is 5.26 Å². The van der Waals surface area contributed by atoms with Gasteiger partial charge in [-0.2, -0.15) is 18.4 Å². The first-order valence-electron chi connectivity index (χ1n) is 7.56. The molecule has 0 bridgehead atoms. The summed E-state index contributed by atoms with van der Waals surface area (Å²) in [5.74, 6) is 0. The fourth-order valence-electron chi connectivity index (χ4n) is 2.48. The van der Waals surface area contributed by atoms with E-state index in [9.17, 15) is 13.2 Å². The molecule has 2 aromatic carbocycles. The number of aromatic nitrogens is 2. The summed E-state index contributed by atoms with van der Waals surface area (Å²) in [5.41, 5.74) is 1.17. The van der Waals surface area contributed by atoms with E-state index in [1.165, 1.54) is 17.8 Å². The molecule has 0 aliphatic heterocycles. The van der Waals surface area contributed by atoms with Crippen molar-refractivity contribution >= 4 is 22.8 Å². The van der Waals surface area contributed by atoms with Crippen LogP contribution in [0.2, 0.25) is 0 Å². The largest absolute Gasteiger partial charge is 0.416 e. The zero-order valence-electron chi connectivity index (χ0n) is 13.3. The van der Waals surface area contributed by atoms with Gasteiger partial charge in [-0.15, -0.1) is 0 Å². The molecule has 1 heterocycles. The molecule has 0 fully saturated rings. The van der Waals surface area contributed by atoms with Gasteiger partial charge in [0, 0.05) is 0 Å². The third-order valence-electron chi connectivity index (χ3n) is 3.69. The van der Waals surface area contributed by atoms with E-state index in [0.29, 0.717) is 17.2 Å². The van der Waals surface area contributed by atoms with Crippen LogP contribution in [0.3, 0.4) is 0 Å². The second kappa shape index (κ2) is 6.81. The van der Waals surface area contributed by atoms with Crippen molar-refractivity contribution in [2.24, 2.45) is 0 Å². The van der Waals surface area contributed by atoms with E-state index in [2.05, 4.69) is 11.1 Å². The number of thioether (sulfide) groups is 1. The molecule has 7 heteroatoms. The summed E-state index contributed by atoms with van der Waals surface area (Å²) in [6.07, 6.45) is -4.41. The average Bonchev–Trinajstić information content (AvgIpc) is 2.91. The highest BCUT2D eigenvalue weighted by molar-refractivity contribution is 8.00. The lowest BCUT2D eigenvalue weighted by molar-refractivity contribution is -0.137. The van der Waals surface area contributed by atoms with Gasteiger partial charge in [-0.05, 0) is 30.7 Å². The third-order valence-corrected chi connectivity index (χ3v) is 4.67. The lowest BCUT2D eigenvalue weighted by Gasteiger charge is -2.10. The summed E-state index contributed by atoms with van der Waals surface area (Å²) < 4.78 is 40.7. The first-order chi connectivity index (χ1) is 11.9. The van der Waals surface area contributed by atoms with Gasteiger partial charge in [-0.3, -0.25) is 0 Å². The maximum absolute atomic E-state index is 13.0. The zero-order valence-corrected chi connectivity index (χ0v) is 14.1. The zero-order chi connectivity index (χ0) is 18.0. The Hall–Kier alpha value is -2.46. The second-order valence-electron chi connectivity index (χ2n) is 5.56.